The number of allylic oxidation sites excluding steroid dienone is 6. The molecule has 0 bridgehead atoms. The predicted octanol–water partition coefficient (Wildman–Crippen LogP) is 6.80. The number of carbonyl (C=O) groups excluding carboxylic acids is 1. The molecule has 1 nitrogen and oxygen atoms in total. The highest BCUT2D eigenvalue weighted by atomic mass is 16.1. The maximum atomic E-state index is 12.2. The van der Waals surface area contributed by atoms with E-state index in [2.05, 4.69) is 52.8 Å². The molecule has 23 heavy (non-hydrogen) atoms. The van der Waals surface area contributed by atoms with Crippen molar-refractivity contribution >= 4 is 5.78 Å². The van der Waals surface area contributed by atoms with Crippen molar-refractivity contribution in [3.05, 3.63) is 35.5 Å². The fourth-order valence-corrected chi connectivity index (χ4v) is 3.08. The molecule has 0 aromatic rings. The number of rotatable bonds is 11. The molecule has 1 aliphatic rings. The second-order valence-electron chi connectivity index (χ2n) is 7.87. The lowest BCUT2D eigenvalue weighted by molar-refractivity contribution is -0.115. The van der Waals surface area contributed by atoms with E-state index < -0.39 is 0 Å². The summed E-state index contributed by atoms with van der Waals surface area (Å²) in [7, 11) is 0. The van der Waals surface area contributed by atoms with Gasteiger partial charge in [0.15, 0.2) is 5.78 Å². The van der Waals surface area contributed by atoms with Gasteiger partial charge in [0.25, 0.3) is 0 Å². The highest BCUT2D eigenvalue weighted by Gasteiger charge is 2.18. The van der Waals surface area contributed by atoms with Crippen LogP contribution < -0.4 is 0 Å². The van der Waals surface area contributed by atoms with Gasteiger partial charge in [0.1, 0.15) is 0 Å². The van der Waals surface area contributed by atoms with Crippen LogP contribution in [0.4, 0.5) is 0 Å². The second-order valence-corrected chi connectivity index (χ2v) is 7.87. The molecule has 0 heterocycles. The Hall–Kier alpha value is -1.11. The molecule has 0 N–H and O–H groups in total. The van der Waals surface area contributed by atoms with Crippen LogP contribution in [0, 0.1) is 11.3 Å². The zero-order valence-corrected chi connectivity index (χ0v) is 16.0. The number of ketones is 1. The molecule has 0 aromatic carbocycles. The fourth-order valence-electron chi connectivity index (χ4n) is 3.08. The minimum atomic E-state index is 0.143. The van der Waals surface area contributed by atoms with Crippen molar-refractivity contribution in [2.45, 2.75) is 86.0 Å². The Morgan fingerprint density at radius 1 is 1.30 bits per heavy atom. The highest BCUT2D eigenvalue weighted by molar-refractivity contribution is 5.89. The lowest BCUT2D eigenvalue weighted by Gasteiger charge is -2.18. The van der Waals surface area contributed by atoms with Gasteiger partial charge in [-0.2, -0.15) is 0 Å². The third kappa shape index (κ3) is 8.93. The molecule has 0 spiro atoms. The van der Waals surface area contributed by atoms with E-state index in [1.165, 1.54) is 19.3 Å². The lowest BCUT2D eigenvalue weighted by atomic mass is 9.87. The number of carbonyl (C=O) groups is 1. The van der Waals surface area contributed by atoms with E-state index in [1.807, 2.05) is 6.08 Å². The zero-order valence-electron chi connectivity index (χ0n) is 16.0. The van der Waals surface area contributed by atoms with Crippen LogP contribution in [0.5, 0.6) is 0 Å². The van der Waals surface area contributed by atoms with E-state index in [1.54, 1.807) is 11.1 Å². The van der Waals surface area contributed by atoms with Crippen LogP contribution in [0.1, 0.15) is 86.0 Å². The summed E-state index contributed by atoms with van der Waals surface area (Å²) in [5.41, 5.74) is 3.44. The molecule has 1 atom stereocenters. The Bertz CT molecular complexity index is 456. The Kier molecular flexibility index (Phi) is 8.58. The van der Waals surface area contributed by atoms with E-state index in [0.29, 0.717) is 12.3 Å². The Morgan fingerprint density at radius 3 is 2.57 bits per heavy atom. The first-order valence-electron chi connectivity index (χ1n) is 9.41. The Morgan fingerprint density at radius 2 is 2.00 bits per heavy atom. The topological polar surface area (TPSA) is 17.1 Å². The second kappa shape index (κ2) is 9.90. The molecule has 1 saturated carbocycles. The summed E-state index contributed by atoms with van der Waals surface area (Å²) in [6.07, 6.45) is 17.3. The van der Waals surface area contributed by atoms with Crippen LogP contribution in [0.3, 0.4) is 0 Å². The largest absolute Gasteiger partial charge is 0.295 e. The quantitative estimate of drug-likeness (QED) is 0.302. The number of hydrogen-bond acceptors (Lipinski definition) is 1. The van der Waals surface area contributed by atoms with Gasteiger partial charge in [-0.3, -0.25) is 4.79 Å². The first kappa shape index (κ1) is 19.9. The van der Waals surface area contributed by atoms with Crippen molar-refractivity contribution in [1.29, 1.82) is 0 Å². The molecular formula is C22H36O. The average molecular weight is 317 g/mol. The van der Waals surface area contributed by atoms with Gasteiger partial charge in [0.2, 0.25) is 0 Å². The van der Waals surface area contributed by atoms with Crippen molar-refractivity contribution in [2.75, 3.05) is 0 Å². The molecule has 0 aromatic heterocycles. The fraction of sp³-hybridized carbons (Fsp3) is 0.682. The summed E-state index contributed by atoms with van der Waals surface area (Å²) in [6.45, 7) is 10.9. The van der Waals surface area contributed by atoms with Crippen LogP contribution in [0.25, 0.3) is 0 Å². The van der Waals surface area contributed by atoms with Gasteiger partial charge in [-0.25, -0.2) is 0 Å². The minimum Gasteiger partial charge on any atom is -0.295 e. The van der Waals surface area contributed by atoms with E-state index in [9.17, 15) is 4.79 Å². The highest BCUT2D eigenvalue weighted by Crippen LogP contribution is 2.36. The van der Waals surface area contributed by atoms with Gasteiger partial charge in [-0.05, 0) is 62.9 Å². The van der Waals surface area contributed by atoms with Crippen molar-refractivity contribution in [1.82, 2.24) is 0 Å². The number of hydrogen-bond donors (Lipinski definition) is 0. The van der Waals surface area contributed by atoms with Gasteiger partial charge in [0, 0.05) is 6.42 Å². The Balaban J connectivity index is 2.38. The molecule has 0 aliphatic heterocycles. The molecule has 1 rings (SSSR count). The maximum absolute atomic E-state index is 12.2. The molecule has 0 radical (unpaired) electrons. The SMILES string of the molecule is C/C=C/CC(CCC(C)CC(=O)/C=C\C(C)(C)CCC)=C1CC1. The molecule has 1 aliphatic carbocycles. The standard InChI is InChI=1S/C22H36O/c1-6-8-9-19(20-12-13-20)11-10-18(3)17-21(23)14-16-22(4,5)15-7-2/h6,8,14,16,18H,7,9-13,15,17H2,1-5H3/b8-6+,16-14-. The van der Waals surface area contributed by atoms with Gasteiger partial charge in [-0.1, -0.05) is 63.5 Å². The summed E-state index contributed by atoms with van der Waals surface area (Å²) in [6, 6.07) is 0. The molecule has 130 valence electrons. The molecular weight excluding hydrogens is 280 g/mol. The molecule has 0 saturated heterocycles. The average Bonchev–Trinajstić information content (AvgIpc) is 3.30. The summed E-state index contributed by atoms with van der Waals surface area (Å²) in [5, 5.41) is 0. The zero-order chi connectivity index (χ0) is 17.3. The smallest absolute Gasteiger partial charge is 0.155 e. The van der Waals surface area contributed by atoms with Gasteiger partial charge < -0.3 is 0 Å². The van der Waals surface area contributed by atoms with Crippen LogP contribution >= 0.6 is 0 Å². The summed E-state index contributed by atoms with van der Waals surface area (Å²) in [5.74, 6) is 0.761. The summed E-state index contributed by atoms with van der Waals surface area (Å²) >= 11 is 0. The van der Waals surface area contributed by atoms with Crippen molar-refractivity contribution in [3.63, 3.8) is 0 Å². The normalized spacial score (nSPS) is 16.3. The van der Waals surface area contributed by atoms with Gasteiger partial charge in [-0.15, -0.1) is 0 Å². The minimum absolute atomic E-state index is 0.143. The predicted molar refractivity (Wildman–Crippen MR) is 102 cm³/mol. The summed E-state index contributed by atoms with van der Waals surface area (Å²) in [4.78, 5) is 12.2. The van der Waals surface area contributed by atoms with E-state index >= 15 is 0 Å². The van der Waals surface area contributed by atoms with Crippen molar-refractivity contribution < 1.29 is 4.79 Å². The van der Waals surface area contributed by atoms with Crippen LogP contribution in [0.2, 0.25) is 0 Å². The third-order valence-corrected chi connectivity index (χ3v) is 4.70. The van der Waals surface area contributed by atoms with Crippen LogP contribution in [-0.2, 0) is 4.79 Å². The Labute approximate surface area is 143 Å². The monoisotopic (exact) mass is 316 g/mol. The van der Waals surface area contributed by atoms with Crippen LogP contribution in [0.15, 0.2) is 35.5 Å². The molecule has 1 heteroatoms. The molecule has 0 amide bonds. The van der Waals surface area contributed by atoms with Crippen molar-refractivity contribution in [2.24, 2.45) is 11.3 Å². The first-order valence-corrected chi connectivity index (χ1v) is 9.41. The first-order chi connectivity index (χ1) is 10.9. The van der Waals surface area contributed by atoms with E-state index in [4.69, 9.17) is 0 Å². The molecule has 1 unspecified atom stereocenters. The van der Waals surface area contributed by atoms with Gasteiger partial charge in [0.05, 0.1) is 0 Å². The van der Waals surface area contributed by atoms with E-state index in [0.717, 1.165) is 25.7 Å². The maximum Gasteiger partial charge on any atom is 0.155 e. The van der Waals surface area contributed by atoms with Crippen LogP contribution in [-0.4, -0.2) is 5.78 Å². The van der Waals surface area contributed by atoms with E-state index in [-0.39, 0.29) is 11.2 Å². The van der Waals surface area contributed by atoms with Gasteiger partial charge >= 0.3 is 0 Å². The summed E-state index contributed by atoms with van der Waals surface area (Å²) < 4.78 is 0. The lowest BCUT2D eigenvalue weighted by Crippen LogP contribution is -2.09. The molecule has 1 fully saturated rings. The van der Waals surface area contributed by atoms with Crippen molar-refractivity contribution in [3.8, 4) is 0 Å². The third-order valence-electron chi connectivity index (χ3n) is 4.70.